The topological polar surface area (TPSA) is 71.1 Å². The van der Waals surface area contributed by atoms with Gasteiger partial charge in [0.15, 0.2) is 6.29 Å². The van der Waals surface area contributed by atoms with Gasteiger partial charge in [-0.3, -0.25) is 0 Å². The fraction of sp³-hybridized carbons (Fsp3) is 0.647. The van der Waals surface area contributed by atoms with E-state index in [1.54, 1.807) is 0 Å². The van der Waals surface area contributed by atoms with Crippen molar-refractivity contribution in [2.45, 2.75) is 45.5 Å². The first-order chi connectivity index (χ1) is 10.8. The van der Waals surface area contributed by atoms with E-state index in [4.69, 9.17) is 18.9 Å². The van der Waals surface area contributed by atoms with Crippen LogP contribution in [0, 0.1) is 5.41 Å². The summed E-state index contributed by atoms with van der Waals surface area (Å²) in [6.45, 7) is 13.4. The Morgan fingerprint density at radius 2 is 1.83 bits per heavy atom. The van der Waals surface area contributed by atoms with Gasteiger partial charge in [0.1, 0.15) is 6.61 Å². The lowest BCUT2D eigenvalue weighted by Gasteiger charge is -2.51. The van der Waals surface area contributed by atoms with Gasteiger partial charge in [-0.15, -0.1) is 0 Å². The molecule has 0 bridgehead atoms. The Labute approximate surface area is 137 Å². The van der Waals surface area contributed by atoms with Crippen LogP contribution in [0.4, 0.5) is 0 Å². The minimum Gasteiger partial charge on any atom is -0.462 e. The van der Waals surface area contributed by atoms with E-state index >= 15 is 0 Å². The summed E-state index contributed by atoms with van der Waals surface area (Å²) < 4.78 is 21.9. The zero-order chi connectivity index (χ0) is 17.5. The van der Waals surface area contributed by atoms with Crippen LogP contribution in [-0.4, -0.2) is 43.7 Å². The molecule has 6 nitrogen and oxygen atoms in total. The first-order valence-corrected chi connectivity index (χ1v) is 7.68. The summed E-state index contributed by atoms with van der Waals surface area (Å²) in [7, 11) is 0. The van der Waals surface area contributed by atoms with Crippen LogP contribution in [0.15, 0.2) is 25.3 Å². The SMILES string of the molecule is C=CC(=O)OCCC1OCC(CC)(COC(=O)C=C)C(C)(C)O1. The number of carbonyl (C=O) groups is 2. The Morgan fingerprint density at radius 1 is 1.22 bits per heavy atom. The van der Waals surface area contributed by atoms with E-state index in [-0.39, 0.29) is 13.2 Å². The average molecular weight is 326 g/mol. The first kappa shape index (κ1) is 19.4. The Bertz CT molecular complexity index is 456. The van der Waals surface area contributed by atoms with Crippen LogP contribution in [0.1, 0.15) is 33.6 Å². The molecule has 0 aromatic heterocycles. The second-order valence-electron chi connectivity index (χ2n) is 5.97. The molecule has 0 N–H and O–H groups in total. The van der Waals surface area contributed by atoms with Crippen LogP contribution in [0.5, 0.6) is 0 Å². The summed E-state index contributed by atoms with van der Waals surface area (Å²) in [5.41, 5.74) is -1.01. The van der Waals surface area contributed by atoms with E-state index in [1.165, 1.54) is 0 Å². The predicted octanol–water partition coefficient (Wildman–Crippen LogP) is 2.38. The average Bonchev–Trinajstić information content (AvgIpc) is 2.53. The van der Waals surface area contributed by atoms with Gasteiger partial charge in [-0.1, -0.05) is 20.1 Å². The van der Waals surface area contributed by atoms with E-state index < -0.39 is 29.2 Å². The smallest absolute Gasteiger partial charge is 0.330 e. The molecule has 1 heterocycles. The lowest BCUT2D eigenvalue weighted by Crippen LogP contribution is -2.58. The summed E-state index contributed by atoms with van der Waals surface area (Å²) in [5.74, 6) is -0.939. The fourth-order valence-corrected chi connectivity index (χ4v) is 2.48. The van der Waals surface area contributed by atoms with Crippen LogP contribution >= 0.6 is 0 Å². The van der Waals surface area contributed by atoms with Crippen molar-refractivity contribution in [2.75, 3.05) is 19.8 Å². The Kier molecular flexibility index (Phi) is 6.97. The molecule has 1 fully saturated rings. The van der Waals surface area contributed by atoms with Crippen LogP contribution < -0.4 is 0 Å². The maximum Gasteiger partial charge on any atom is 0.330 e. The third-order valence-corrected chi connectivity index (χ3v) is 4.35. The summed E-state index contributed by atoms with van der Waals surface area (Å²) in [6.07, 6.45) is 2.93. The van der Waals surface area contributed by atoms with Crippen molar-refractivity contribution >= 4 is 11.9 Å². The highest BCUT2D eigenvalue weighted by atomic mass is 16.7. The van der Waals surface area contributed by atoms with E-state index in [0.717, 1.165) is 18.6 Å². The largest absolute Gasteiger partial charge is 0.462 e. The van der Waals surface area contributed by atoms with Gasteiger partial charge in [0, 0.05) is 18.6 Å². The third-order valence-electron chi connectivity index (χ3n) is 4.35. The van der Waals surface area contributed by atoms with Crippen molar-refractivity contribution < 1.29 is 28.5 Å². The molecule has 0 aliphatic carbocycles. The minimum atomic E-state index is -0.561. The summed E-state index contributed by atoms with van der Waals surface area (Å²) in [5, 5.41) is 0. The van der Waals surface area contributed by atoms with Crippen molar-refractivity contribution in [1.29, 1.82) is 0 Å². The normalized spacial score (nSPS) is 26.1. The number of ether oxygens (including phenoxy) is 4. The van der Waals surface area contributed by atoms with Crippen LogP contribution in [0.2, 0.25) is 0 Å². The maximum absolute atomic E-state index is 11.3. The number of hydrogen-bond donors (Lipinski definition) is 0. The van der Waals surface area contributed by atoms with E-state index in [0.29, 0.717) is 13.0 Å². The molecule has 1 rings (SSSR count). The van der Waals surface area contributed by atoms with Gasteiger partial charge < -0.3 is 18.9 Å². The molecule has 2 atom stereocenters. The van der Waals surface area contributed by atoms with Crippen molar-refractivity contribution in [2.24, 2.45) is 5.41 Å². The molecule has 2 unspecified atom stereocenters. The van der Waals surface area contributed by atoms with Crippen molar-refractivity contribution in [3.05, 3.63) is 25.3 Å². The predicted molar refractivity (Wildman–Crippen MR) is 84.6 cm³/mol. The van der Waals surface area contributed by atoms with Gasteiger partial charge >= 0.3 is 11.9 Å². The van der Waals surface area contributed by atoms with Crippen molar-refractivity contribution in [1.82, 2.24) is 0 Å². The van der Waals surface area contributed by atoms with Crippen LogP contribution in [-0.2, 0) is 28.5 Å². The molecule has 6 heteroatoms. The highest BCUT2D eigenvalue weighted by molar-refractivity contribution is 5.81. The molecule has 1 aliphatic heterocycles. The van der Waals surface area contributed by atoms with Crippen molar-refractivity contribution in [3.63, 3.8) is 0 Å². The summed E-state index contributed by atoms with van der Waals surface area (Å²) in [4.78, 5) is 22.4. The summed E-state index contributed by atoms with van der Waals surface area (Å²) in [6, 6.07) is 0. The summed E-state index contributed by atoms with van der Waals surface area (Å²) >= 11 is 0. The van der Waals surface area contributed by atoms with Gasteiger partial charge in [-0.05, 0) is 20.3 Å². The van der Waals surface area contributed by atoms with Crippen LogP contribution in [0.25, 0.3) is 0 Å². The lowest BCUT2D eigenvalue weighted by atomic mass is 9.72. The van der Waals surface area contributed by atoms with Crippen LogP contribution in [0.3, 0.4) is 0 Å². The first-order valence-electron chi connectivity index (χ1n) is 7.68. The van der Waals surface area contributed by atoms with Crippen molar-refractivity contribution in [3.8, 4) is 0 Å². The number of esters is 2. The molecule has 0 amide bonds. The molecular weight excluding hydrogens is 300 g/mol. The highest BCUT2D eigenvalue weighted by Crippen LogP contribution is 2.43. The van der Waals surface area contributed by atoms with Gasteiger partial charge in [0.2, 0.25) is 0 Å². The highest BCUT2D eigenvalue weighted by Gasteiger charge is 2.51. The maximum atomic E-state index is 11.3. The van der Waals surface area contributed by atoms with Gasteiger partial charge in [-0.25, -0.2) is 9.59 Å². The van der Waals surface area contributed by atoms with Gasteiger partial charge in [0.25, 0.3) is 0 Å². The number of hydrogen-bond acceptors (Lipinski definition) is 6. The molecule has 1 aliphatic rings. The molecule has 0 radical (unpaired) electrons. The van der Waals surface area contributed by atoms with E-state index in [1.807, 2.05) is 20.8 Å². The molecule has 0 saturated carbocycles. The number of rotatable bonds is 8. The molecule has 0 aromatic rings. The molecular formula is C17H26O6. The standard InChI is InChI=1S/C17H26O6/c1-6-13(18)20-10-9-15-22-12-17(8-3,16(4,5)23-15)11-21-14(19)7-2/h6-7,15H,1-2,8-12H2,3-5H3. The zero-order valence-electron chi connectivity index (χ0n) is 14.1. The Balaban J connectivity index is 2.63. The second-order valence-corrected chi connectivity index (χ2v) is 5.97. The molecule has 1 saturated heterocycles. The lowest BCUT2D eigenvalue weighted by molar-refractivity contribution is -0.313. The fourth-order valence-electron chi connectivity index (χ4n) is 2.48. The monoisotopic (exact) mass is 326 g/mol. The second kappa shape index (κ2) is 8.26. The Morgan fingerprint density at radius 3 is 2.35 bits per heavy atom. The molecule has 0 aromatic carbocycles. The van der Waals surface area contributed by atoms with E-state index in [2.05, 4.69) is 13.2 Å². The third kappa shape index (κ3) is 4.91. The van der Waals surface area contributed by atoms with Gasteiger partial charge in [-0.2, -0.15) is 0 Å². The molecule has 130 valence electrons. The molecule has 0 spiro atoms. The molecule has 23 heavy (non-hydrogen) atoms. The van der Waals surface area contributed by atoms with Gasteiger partial charge in [0.05, 0.1) is 24.2 Å². The quantitative estimate of drug-likeness (QED) is 0.504. The number of carbonyl (C=O) groups excluding carboxylic acids is 2. The zero-order valence-corrected chi connectivity index (χ0v) is 14.1. The minimum absolute atomic E-state index is 0.191. The Hall–Kier alpha value is -1.66. The van der Waals surface area contributed by atoms with E-state index in [9.17, 15) is 9.59 Å².